The van der Waals surface area contributed by atoms with E-state index in [1.54, 1.807) is 10.9 Å². The molecule has 9 heteroatoms. The molecule has 0 saturated carbocycles. The molecule has 3 aromatic carbocycles. The fraction of sp³-hybridized carbons (Fsp3) is 0.115. The third-order valence-electron chi connectivity index (χ3n) is 5.70. The average Bonchev–Trinajstić information content (AvgIpc) is 3.51. The normalized spacial score (nSPS) is 11.0. The lowest BCUT2D eigenvalue weighted by Crippen LogP contribution is -2.19. The summed E-state index contributed by atoms with van der Waals surface area (Å²) in [6, 6.07) is 20.9. The van der Waals surface area contributed by atoms with Gasteiger partial charge in [-0.1, -0.05) is 30.3 Å². The number of nitrogens with zero attached hydrogens (tertiary/aromatic N) is 3. The number of urea groups is 1. The van der Waals surface area contributed by atoms with E-state index in [1.165, 1.54) is 0 Å². The molecule has 0 radical (unpaired) electrons. The predicted molar refractivity (Wildman–Crippen MR) is 137 cm³/mol. The smallest absolute Gasteiger partial charge is 0.323 e. The highest BCUT2D eigenvalue weighted by molar-refractivity contribution is 6.00. The Bertz CT molecular complexity index is 1470. The summed E-state index contributed by atoms with van der Waals surface area (Å²) in [6.07, 6.45) is 3.62. The fourth-order valence-corrected chi connectivity index (χ4v) is 3.95. The number of carbonyl (C=O) groups is 1. The van der Waals surface area contributed by atoms with Gasteiger partial charge in [0.1, 0.15) is 5.69 Å². The monoisotopic (exact) mass is 467 g/mol. The first kappa shape index (κ1) is 22.3. The molecule has 0 saturated heterocycles. The zero-order chi connectivity index (χ0) is 24.2. The largest absolute Gasteiger partial charge is 0.394 e. The van der Waals surface area contributed by atoms with Gasteiger partial charge in [0.2, 0.25) is 0 Å². The van der Waals surface area contributed by atoms with E-state index in [-0.39, 0.29) is 12.6 Å². The Balaban J connectivity index is 1.29. The number of fused-ring (bicyclic) bond motifs is 1. The van der Waals surface area contributed by atoms with Crippen molar-refractivity contribution in [2.45, 2.75) is 13.1 Å². The summed E-state index contributed by atoms with van der Waals surface area (Å²) in [4.78, 5) is 12.4. The Morgan fingerprint density at radius 2 is 1.77 bits per heavy atom. The average molecular weight is 468 g/mol. The van der Waals surface area contributed by atoms with Crippen LogP contribution in [-0.2, 0) is 13.1 Å². The SMILES string of the molecule is NCc1cccc(NC(=O)Nc2ccc(-c3ccc4c(-c5cnn(CCO)c5)n[nH]c4c3)cc2)c1. The number of H-pyrrole nitrogens is 1. The highest BCUT2D eigenvalue weighted by atomic mass is 16.3. The van der Waals surface area contributed by atoms with Crippen LogP contribution in [0.1, 0.15) is 5.56 Å². The lowest BCUT2D eigenvalue weighted by atomic mass is 10.0. The standard InChI is InChI=1S/C26H25N7O2/c27-14-17-2-1-3-22(12-17)30-26(35)29-21-7-4-18(5-8-21)19-6-9-23-24(13-19)31-32-25(23)20-15-28-33(16-20)10-11-34/h1-9,12-13,15-16,34H,10-11,14,27H2,(H,31,32)(H2,29,30,35). The van der Waals surface area contributed by atoms with Crippen molar-refractivity contribution in [2.24, 2.45) is 5.73 Å². The molecule has 0 aliphatic rings. The minimum Gasteiger partial charge on any atom is -0.394 e. The van der Waals surface area contributed by atoms with Crippen LogP contribution in [0.25, 0.3) is 33.3 Å². The summed E-state index contributed by atoms with van der Waals surface area (Å²) < 4.78 is 1.69. The molecule has 9 nitrogen and oxygen atoms in total. The molecular formula is C26H25N7O2. The van der Waals surface area contributed by atoms with Gasteiger partial charge in [0.05, 0.1) is 24.9 Å². The van der Waals surface area contributed by atoms with Gasteiger partial charge in [-0.3, -0.25) is 9.78 Å². The molecule has 6 N–H and O–H groups in total. The van der Waals surface area contributed by atoms with Crippen LogP contribution >= 0.6 is 0 Å². The van der Waals surface area contributed by atoms with Crippen LogP contribution in [0.5, 0.6) is 0 Å². The van der Waals surface area contributed by atoms with Gasteiger partial charge in [-0.05, 0) is 53.1 Å². The first-order chi connectivity index (χ1) is 17.1. The first-order valence-electron chi connectivity index (χ1n) is 11.2. The Labute approximate surface area is 201 Å². The van der Waals surface area contributed by atoms with E-state index < -0.39 is 0 Å². The maximum Gasteiger partial charge on any atom is 0.323 e. The molecule has 0 atom stereocenters. The van der Waals surface area contributed by atoms with Crippen LogP contribution in [0.2, 0.25) is 0 Å². The summed E-state index contributed by atoms with van der Waals surface area (Å²) in [7, 11) is 0. The van der Waals surface area contributed by atoms with Crippen LogP contribution < -0.4 is 16.4 Å². The van der Waals surface area contributed by atoms with Crippen molar-refractivity contribution >= 4 is 28.3 Å². The molecule has 5 rings (SSSR count). The molecule has 0 aliphatic carbocycles. The topological polar surface area (TPSA) is 134 Å². The Morgan fingerprint density at radius 1 is 0.971 bits per heavy atom. The number of aliphatic hydroxyl groups is 1. The first-order valence-corrected chi connectivity index (χ1v) is 11.2. The molecule has 2 heterocycles. The van der Waals surface area contributed by atoms with E-state index >= 15 is 0 Å². The lowest BCUT2D eigenvalue weighted by Gasteiger charge is -2.09. The number of benzene rings is 3. The molecule has 5 aromatic rings. The highest BCUT2D eigenvalue weighted by Gasteiger charge is 2.12. The molecule has 0 fully saturated rings. The number of hydrogen-bond donors (Lipinski definition) is 5. The third-order valence-corrected chi connectivity index (χ3v) is 5.70. The summed E-state index contributed by atoms with van der Waals surface area (Å²) in [6.45, 7) is 0.896. The minimum absolute atomic E-state index is 0.0352. The van der Waals surface area contributed by atoms with Crippen molar-refractivity contribution in [1.29, 1.82) is 0 Å². The Kier molecular flexibility index (Phi) is 6.25. The van der Waals surface area contributed by atoms with Crippen LogP contribution in [0, 0.1) is 0 Å². The molecule has 35 heavy (non-hydrogen) atoms. The summed E-state index contributed by atoms with van der Waals surface area (Å²) >= 11 is 0. The maximum absolute atomic E-state index is 12.4. The molecule has 0 aliphatic heterocycles. The second-order valence-electron chi connectivity index (χ2n) is 8.11. The molecule has 2 aromatic heterocycles. The van der Waals surface area contributed by atoms with Crippen LogP contribution in [0.15, 0.2) is 79.1 Å². The van der Waals surface area contributed by atoms with Gasteiger partial charge in [0.15, 0.2) is 0 Å². The quantitative estimate of drug-likeness (QED) is 0.245. The summed E-state index contributed by atoms with van der Waals surface area (Å²) in [5.41, 5.74) is 12.6. The van der Waals surface area contributed by atoms with Gasteiger partial charge in [0.25, 0.3) is 0 Å². The van der Waals surface area contributed by atoms with Gasteiger partial charge in [-0.2, -0.15) is 10.2 Å². The number of nitrogens with two attached hydrogens (primary N) is 1. The van der Waals surface area contributed by atoms with Gasteiger partial charge in [0, 0.05) is 35.1 Å². The second kappa shape index (κ2) is 9.80. The van der Waals surface area contributed by atoms with Gasteiger partial charge in [-0.25, -0.2) is 4.79 Å². The van der Waals surface area contributed by atoms with E-state index in [2.05, 4.69) is 25.9 Å². The highest BCUT2D eigenvalue weighted by Crippen LogP contribution is 2.30. The van der Waals surface area contributed by atoms with E-state index in [0.29, 0.717) is 24.5 Å². The van der Waals surface area contributed by atoms with Crippen molar-refractivity contribution in [3.63, 3.8) is 0 Å². The minimum atomic E-state index is -0.319. The number of nitrogens with one attached hydrogen (secondary N) is 3. The van der Waals surface area contributed by atoms with Gasteiger partial charge in [-0.15, -0.1) is 0 Å². The lowest BCUT2D eigenvalue weighted by molar-refractivity contribution is 0.262. The third kappa shape index (κ3) is 4.91. The van der Waals surface area contributed by atoms with E-state index in [4.69, 9.17) is 10.8 Å². The predicted octanol–water partition coefficient (Wildman–Crippen LogP) is 4.19. The van der Waals surface area contributed by atoms with Crippen molar-refractivity contribution < 1.29 is 9.90 Å². The van der Waals surface area contributed by atoms with Crippen molar-refractivity contribution in [2.75, 3.05) is 17.2 Å². The Morgan fingerprint density at radius 3 is 2.57 bits per heavy atom. The van der Waals surface area contributed by atoms with Crippen molar-refractivity contribution in [3.05, 3.63) is 84.7 Å². The van der Waals surface area contributed by atoms with E-state index in [0.717, 1.165) is 38.9 Å². The molecule has 0 bridgehead atoms. The van der Waals surface area contributed by atoms with Crippen molar-refractivity contribution in [1.82, 2.24) is 20.0 Å². The molecule has 0 spiro atoms. The number of aliphatic hydroxyl groups excluding tert-OH is 1. The summed E-state index contributed by atoms with van der Waals surface area (Å²) in [5, 5.41) is 27.6. The maximum atomic E-state index is 12.4. The number of rotatable bonds is 7. The van der Waals surface area contributed by atoms with Gasteiger partial charge >= 0.3 is 6.03 Å². The van der Waals surface area contributed by atoms with Crippen LogP contribution in [0.3, 0.4) is 0 Å². The molecule has 0 unspecified atom stereocenters. The number of aromatic amines is 1. The number of carbonyl (C=O) groups excluding carboxylic acids is 1. The fourth-order valence-electron chi connectivity index (χ4n) is 3.95. The zero-order valence-electron chi connectivity index (χ0n) is 18.9. The second-order valence-corrected chi connectivity index (χ2v) is 8.11. The van der Waals surface area contributed by atoms with E-state index in [1.807, 2.05) is 72.9 Å². The zero-order valence-corrected chi connectivity index (χ0v) is 18.9. The van der Waals surface area contributed by atoms with Crippen LogP contribution in [-0.4, -0.2) is 37.7 Å². The van der Waals surface area contributed by atoms with Crippen molar-refractivity contribution in [3.8, 4) is 22.4 Å². The number of aromatic nitrogens is 4. The molecular weight excluding hydrogens is 442 g/mol. The Hall–Kier alpha value is -4.47. The molecule has 176 valence electrons. The number of hydrogen-bond acceptors (Lipinski definition) is 5. The number of anilines is 2. The molecule has 2 amide bonds. The number of amides is 2. The summed E-state index contributed by atoms with van der Waals surface area (Å²) in [5.74, 6) is 0. The van der Waals surface area contributed by atoms with E-state index in [9.17, 15) is 4.79 Å². The van der Waals surface area contributed by atoms with Crippen LogP contribution in [0.4, 0.5) is 16.2 Å². The van der Waals surface area contributed by atoms with Gasteiger partial charge < -0.3 is 21.5 Å².